The lowest BCUT2D eigenvalue weighted by Crippen LogP contribution is -1.97. The van der Waals surface area contributed by atoms with Crippen molar-refractivity contribution in [2.75, 3.05) is 6.26 Å². The first-order chi connectivity index (χ1) is 8.42. The van der Waals surface area contributed by atoms with Gasteiger partial charge in [-0.3, -0.25) is 0 Å². The molecular formula is C12H20N4S. The van der Waals surface area contributed by atoms with Gasteiger partial charge >= 0.3 is 0 Å². The maximum absolute atomic E-state index is 3.89. The molecule has 5 heteroatoms. The molecule has 0 amide bonds. The van der Waals surface area contributed by atoms with Crippen molar-refractivity contribution in [2.24, 2.45) is 0 Å². The maximum Gasteiger partial charge on any atom is 0.213 e. The number of hydrogen-bond donors (Lipinski definition) is 0. The quantitative estimate of drug-likeness (QED) is 0.768. The van der Waals surface area contributed by atoms with Gasteiger partial charge in [0.05, 0.1) is 5.69 Å². The molecule has 17 heavy (non-hydrogen) atoms. The van der Waals surface area contributed by atoms with E-state index in [1.54, 1.807) is 4.68 Å². The van der Waals surface area contributed by atoms with Crippen molar-refractivity contribution in [1.82, 2.24) is 20.2 Å². The Morgan fingerprint density at radius 1 is 1.00 bits per heavy atom. The van der Waals surface area contributed by atoms with Gasteiger partial charge in [-0.15, -0.1) is 5.10 Å². The van der Waals surface area contributed by atoms with Crippen molar-refractivity contribution in [1.29, 1.82) is 0 Å². The Bertz CT molecular complexity index is 386. The minimum atomic E-state index is 0.797. The average molecular weight is 252 g/mol. The average Bonchev–Trinajstić information content (AvgIpc) is 2.92. The van der Waals surface area contributed by atoms with E-state index in [2.05, 4.69) is 15.5 Å². The Kier molecular flexibility index (Phi) is 9.05. The van der Waals surface area contributed by atoms with E-state index in [0.717, 1.165) is 10.8 Å². The molecule has 1 aromatic heterocycles. The zero-order valence-electron chi connectivity index (χ0n) is 11.1. The van der Waals surface area contributed by atoms with Crippen LogP contribution >= 0.6 is 11.8 Å². The number of thioether (sulfide) groups is 1. The summed E-state index contributed by atoms with van der Waals surface area (Å²) in [5, 5.41) is 12.2. The van der Waals surface area contributed by atoms with Gasteiger partial charge in [-0.05, 0) is 28.8 Å². The molecule has 4 nitrogen and oxygen atoms in total. The lowest BCUT2D eigenvalue weighted by atomic mass is 10.3. The first-order valence-electron chi connectivity index (χ1n) is 5.79. The van der Waals surface area contributed by atoms with E-state index in [9.17, 15) is 0 Å². The Balaban J connectivity index is 0.000000581. The molecule has 0 fully saturated rings. The fourth-order valence-corrected chi connectivity index (χ4v) is 1.47. The summed E-state index contributed by atoms with van der Waals surface area (Å²) in [7, 11) is 0. The normalized spacial score (nSPS) is 8.53. The highest BCUT2D eigenvalue weighted by atomic mass is 32.2. The Morgan fingerprint density at radius 3 is 2.12 bits per heavy atom. The monoisotopic (exact) mass is 252 g/mol. The summed E-state index contributed by atoms with van der Waals surface area (Å²) < 4.78 is 1.71. The van der Waals surface area contributed by atoms with E-state index >= 15 is 0 Å². The number of benzene rings is 1. The zero-order valence-corrected chi connectivity index (χ0v) is 11.9. The van der Waals surface area contributed by atoms with E-state index in [1.807, 2.05) is 64.3 Å². The smallest absolute Gasteiger partial charge is 0.188 e. The molecule has 0 atom stereocenters. The second-order valence-electron chi connectivity index (χ2n) is 2.41. The van der Waals surface area contributed by atoms with E-state index in [-0.39, 0.29) is 0 Å². The predicted octanol–water partition coefficient (Wildman–Crippen LogP) is 3.44. The van der Waals surface area contributed by atoms with Crippen LogP contribution in [0.15, 0.2) is 35.5 Å². The molecule has 2 rings (SSSR count). The molecule has 1 aromatic carbocycles. The summed E-state index contributed by atoms with van der Waals surface area (Å²) in [6.07, 6.45) is 1.95. The molecule has 0 unspecified atom stereocenters. The molecular weight excluding hydrogens is 232 g/mol. The van der Waals surface area contributed by atoms with Crippen LogP contribution in [0.25, 0.3) is 5.69 Å². The summed E-state index contributed by atoms with van der Waals surface area (Å²) in [6, 6.07) is 9.82. The second kappa shape index (κ2) is 9.84. The molecule has 0 saturated heterocycles. The highest BCUT2D eigenvalue weighted by Crippen LogP contribution is 2.14. The summed E-state index contributed by atoms with van der Waals surface area (Å²) in [4.78, 5) is 0. The molecule has 0 N–H and O–H groups in total. The van der Waals surface area contributed by atoms with Gasteiger partial charge in [0.2, 0.25) is 5.16 Å². The summed E-state index contributed by atoms with van der Waals surface area (Å²) in [5.74, 6) is 0. The number of hydrogen-bond acceptors (Lipinski definition) is 4. The molecule has 0 aliphatic rings. The number of rotatable bonds is 2. The third kappa shape index (κ3) is 4.56. The van der Waals surface area contributed by atoms with Crippen molar-refractivity contribution in [3.8, 4) is 5.69 Å². The third-order valence-electron chi connectivity index (χ3n) is 1.62. The van der Waals surface area contributed by atoms with Crippen LogP contribution in [-0.4, -0.2) is 26.5 Å². The van der Waals surface area contributed by atoms with Crippen molar-refractivity contribution < 1.29 is 0 Å². The van der Waals surface area contributed by atoms with Gasteiger partial charge in [-0.25, -0.2) is 0 Å². The topological polar surface area (TPSA) is 43.6 Å². The summed E-state index contributed by atoms with van der Waals surface area (Å²) in [6.45, 7) is 8.00. The van der Waals surface area contributed by atoms with E-state index in [1.165, 1.54) is 11.8 Å². The van der Waals surface area contributed by atoms with Crippen LogP contribution in [0, 0.1) is 0 Å². The van der Waals surface area contributed by atoms with Gasteiger partial charge < -0.3 is 0 Å². The Hall–Kier alpha value is -1.36. The van der Waals surface area contributed by atoms with Crippen molar-refractivity contribution in [3.05, 3.63) is 30.3 Å². The molecule has 0 bridgehead atoms. The van der Waals surface area contributed by atoms with Crippen molar-refractivity contribution >= 4 is 11.8 Å². The molecule has 0 spiro atoms. The van der Waals surface area contributed by atoms with Crippen LogP contribution in [0.5, 0.6) is 0 Å². The molecule has 94 valence electrons. The molecule has 2 aromatic rings. The SMILES string of the molecule is CC.CC.CSc1nnnn1-c1ccccc1. The van der Waals surface area contributed by atoms with Crippen LogP contribution in [-0.2, 0) is 0 Å². The molecule has 0 aliphatic carbocycles. The predicted molar refractivity (Wildman–Crippen MR) is 73.6 cm³/mol. The Morgan fingerprint density at radius 2 is 1.59 bits per heavy atom. The van der Waals surface area contributed by atoms with Crippen LogP contribution < -0.4 is 0 Å². The third-order valence-corrected chi connectivity index (χ3v) is 2.24. The van der Waals surface area contributed by atoms with Gasteiger partial charge in [0.25, 0.3) is 0 Å². The van der Waals surface area contributed by atoms with Crippen molar-refractivity contribution in [3.63, 3.8) is 0 Å². The van der Waals surface area contributed by atoms with Gasteiger partial charge in [-0.2, -0.15) is 4.68 Å². The highest BCUT2D eigenvalue weighted by molar-refractivity contribution is 7.98. The second-order valence-corrected chi connectivity index (χ2v) is 3.19. The minimum Gasteiger partial charge on any atom is -0.188 e. The zero-order chi connectivity index (χ0) is 13.1. The molecule has 0 aliphatic heterocycles. The number of aromatic nitrogens is 4. The van der Waals surface area contributed by atoms with E-state index < -0.39 is 0 Å². The largest absolute Gasteiger partial charge is 0.213 e. The lowest BCUT2D eigenvalue weighted by molar-refractivity contribution is 0.757. The number of para-hydroxylation sites is 1. The van der Waals surface area contributed by atoms with Crippen molar-refractivity contribution in [2.45, 2.75) is 32.9 Å². The molecule has 1 heterocycles. The van der Waals surface area contributed by atoms with Gasteiger partial charge in [0.1, 0.15) is 0 Å². The van der Waals surface area contributed by atoms with Crippen LogP contribution in [0.1, 0.15) is 27.7 Å². The highest BCUT2D eigenvalue weighted by Gasteiger charge is 2.04. The van der Waals surface area contributed by atoms with Crippen LogP contribution in [0.2, 0.25) is 0 Å². The maximum atomic E-state index is 3.89. The van der Waals surface area contributed by atoms with Gasteiger partial charge in [0, 0.05) is 0 Å². The lowest BCUT2D eigenvalue weighted by Gasteiger charge is -2.00. The van der Waals surface area contributed by atoms with Crippen LogP contribution in [0.3, 0.4) is 0 Å². The fraction of sp³-hybridized carbons (Fsp3) is 0.417. The van der Waals surface area contributed by atoms with Gasteiger partial charge in [0.15, 0.2) is 0 Å². The number of tetrazole rings is 1. The summed E-state index contributed by atoms with van der Waals surface area (Å²) >= 11 is 1.52. The Labute approximate surface area is 107 Å². The first-order valence-corrected chi connectivity index (χ1v) is 7.02. The standard InChI is InChI=1S/C8H8N4S.2C2H6/c1-13-8-9-10-11-12(8)7-5-3-2-4-6-7;2*1-2/h2-6H,1H3;2*1-2H3. The van der Waals surface area contributed by atoms with Crippen LogP contribution in [0.4, 0.5) is 0 Å². The van der Waals surface area contributed by atoms with Gasteiger partial charge in [-0.1, -0.05) is 57.7 Å². The van der Waals surface area contributed by atoms with E-state index in [0.29, 0.717) is 0 Å². The number of nitrogens with zero attached hydrogens (tertiary/aromatic N) is 4. The first kappa shape index (κ1) is 15.6. The molecule has 0 radical (unpaired) electrons. The minimum absolute atomic E-state index is 0.797. The summed E-state index contributed by atoms with van der Waals surface area (Å²) in [5.41, 5.74) is 0.983. The molecule has 0 saturated carbocycles. The van der Waals surface area contributed by atoms with E-state index in [4.69, 9.17) is 0 Å². The fourth-order valence-electron chi connectivity index (χ4n) is 1.04.